The molecule has 2 atom stereocenters. The highest BCUT2D eigenvalue weighted by Gasteiger charge is 2.39. The number of carboxylic acid groups (broad SMARTS) is 1. The Balaban J connectivity index is 1.26. The van der Waals surface area contributed by atoms with Crippen molar-refractivity contribution >= 4 is 11.9 Å². The molecule has 1 aromatic carbocycles. The first-order valence-corrected chi connectivity index (χ1v) is 8.92. The number of anilines is 1. The van der Waals surface area contributed by atoms with Crippen molar-refractivity contribution < 1.29 is 14.3 Å². The second-order valence-corrected chi connectivity index (χ2v) is 7.01. The topological polar surface area (TPSA) is 78.3 Å². The number of nitrogens with one attached hydrogen (secondary N) is 1. The van der Waals surface area contributed by atoms with Crippen molar-refractivity contribution in [3.05, 3.63) is 53.6 Å². The van der Waals surface area contributed by atoms with Gasteiger partial charge in [-0.2, -0.15) is 0 Å². The summed E-state index contributed by atoms with van der Waals surface area (Å²) < 4.78 is 13.0. The summed E-state index contributed by atoms with van der Waals surface area (Å²) in [5.74, 6) is -0.130. The molecular formula is C19H21FN4O2. The van der Waals surface area contributed by atoms with E-state index in [-0.39, 0.29) is 11.4 Å². The standard InChI is InChI=1S/C19H21FN4O2/c20-14-3-1-12(2-4-14)16-9-17(16)23-15-5-7-24(8-6-15)19-21-10-13(11-22-19)18(25)26/h1-4,10-11,15-17,23H,5-9H2,(H,25,26). The normalized spacial score (nSPS) is 23.0. The molecule has 0 bridgehead atoms. The number of rotatable bonds is 5. The molecule has 4 rings (SSSR count). The molecule has 2 unspecified atom stereocenters. The van der Waals surface area contributed by atoms with Gasteiger partial charge in [-0.25, -0.2) is 19.2 Å². The summed E-state index contributed by atoms with van der Waals surface area (Å²) in [5, 5.41) is 12.6. The molecule has 0 radical (unpaired) electrons. The van der Waals surface area contributed by atoms with Crippen LogP contribution >= 0.6 is 0 Å². The Kier molecular flexibility index (Phi) is 4.55. The first-order chi connectivity index (χ1) is 12.6. The molecule has 2 aliphatic rings. The van der Waals surface area contributed by atoms with Gasteiger partial charge in [0.15, 0.2) is 0 Å². The Morgan fingerprint density at radius 2 is 1.81 bits per heavy atom. The number of carbonyl (C=O) groups is 1. The lowest BCUT2D eigenvalue weighted by atomic mass is 10.0. The molecule has 0 spiro atoms. The maximum atomic E-state index is 13.0. The highest BCUT2D eigenvalue weighted by molar-refractivity contribution is 5.86. The van der Waals surface area contributed by atoms with E-state index in [1.165, 1.54) is 30.1 Å². The molecule has 2 aromatic rings. The van der Waals surface area contributed by atoms with Gasteiger partial charge in [0.05, 0.1) is 5.56 Å². The van der Waals surface area contributed by atoms with E-state index in [9.17, 15) is 9.18 Å². The number of halogens is 1. The van der Waals surface area contributed by atoms with Crippen LogP contribution in [-0.4, -0.2) is 46.2 Å². The molecule has 1 saturated carbocycles. The van der Waals surface area contributed by atoms with Gasteiger partial charge in [-0.1, -0.05) is 12.1 Å². The third-order valence-electron chi connectivity index (χ3n) is 5.20. The molecule has 2 fully saturated rings. The van der Waals surface area contributed by atoms with E-state index < -0.39 is 5.97 Å². The van der Waals surface area contributed by atoms with Crippen LogP contribution in [0.5, 0.6) is 0 Å². The number of benzene rings is 1. The Morgan fingerprint density at radius 3 is 2.42 bits per heavy atom. The van der Waals surface area contributed by atoms with Gasteiger partial charge in [-0.15, -0.1) is 0 Å². The Morgan fingerprint density at radius 1 is 1.15 bits per heavy atom. The van der Waals surface area contributed by atoms with Crippen LogP contribution in [0.4, 0.5) is 10.3 Å². The van der Waals surface area contributed by atoms with Crippen LogP contribution in [0.15, 0.2) is 36.7 Å². The minimum absolute atomic E-state index is 0.103. The largest absolute Gasteiger partial charge is 0.478 e. The van der Waals surface area contributed by atoms with Gasteiger partial charge in [0, 0.05) is 43.5 Å². The van der Waals surface area contributed by atoms with Gasteiger partial charge < -0.3 is 15.3 Å². The molecule has 136 valence electrons. The zero-order chi connectivity index (χ0) is 18.1. The van der Waals surface area contributed by atoms with Crippen molar-refractivity contribution in [2.24, 2.45) is 0 Å². The SMILES string of the molecule is O=C(O)c1cnc(N2CCC(NC3CC3c3ccc(F)cc3)CC2)nc1. The van der Waals surface area contributed by atoms with Crippen LogP contribution in [0.1, 0.15) is 41.1 Å². The summed E-state index contributed by atoms with van der Waals surface area (Å²) in [6, 6.07) is 7.74. The first-order valence-electron chi connectivity index (χ1n) is 8.92. The van der Waals surface area contributed by atoms with Gasteiger partial charge >= 0.3 is 5.97 Å². The molecule has 1 aliphatic carbocycles. The van der Waals surface area contributed by atoms with Gasteiger partial charge in [-0.05, 0) is 37.0 Å². The summed E-state index contributed by atoms with van der Waals surface area (Å²) in [5.41, 5.74) is 1.30. The number of hydrogen-bond donors (Lipinski definition) is 2. The number of piperidine rings is 1. The van der Waals surface area contributed by atoms with Crippen molar-refractivity contribution in [3.8, 4) is 0 Å². The highest BCUT2D eigenvalue weighted by Crippen LogP contribution is 2.41. The summed E-state index contributed by atoms with van der Waals surface area (Å²) in [7, 11) is 0. The van der Waals surface area contributed by atoms with Crippen molar-refractivity contribution in [1.29, 1.82) is 0 Å². The fourth-order valence-electron chi connectivity index (χ4n) is 3.60. The van der Waals surface area contributed by atoms with Crippen LogP contribution < -0.4 is 10.2 Å². The molecule has 2 N–H and O–H groups in total. The Hall–Kier alpha value is -2.54. The number of nitrogens with zero attached hydrogens (tertiary/aromatic N) is 3. The lowest BCUT2D eigenvalue weighted by Crippen LogP contribution is -2.44. The van der Waals surface area contributed by atoms with E-state index in [0.717, 1.165) is 32.4 Å². The number of hydrogen-bond acceptors (Lipinski definition) is 5. The van der Waals surface area contributed by atoms with Gasteiger partial charge in [0.1, 0.15) is 5.82 Å². The minimum Gasteiger partial charge on any atom is -0.478 e. The quantitative estimate of drug-likeness (QED) is 0.857. The maximum Gasteiger partial charge on any atom is 0.338 e. The van der Waals surface area contributed by atoms with Gasteiger partial charge in [0.2, 0.25) is 5.95 Å². The average molecular weight is 356 g/mol. The van der Waals surface area contributed by atoms with Gasteiger partial charge in [0.25, 0.3) is 0 Å². The Bertz CT molecular complexity index is 773. The van der Waals surface area contributed by atoms with Crippen molar-refractivity contribution in [2.45, 2.75) is 37.3 Å². The van der Waals surface area contributed by atoms with E-state index in [1.807, 2.05) is 12.1 Å². The fraction of sp³-hybridized carbons (Fsp3) is 0.421. The lowest BCUT2D eigenvalue weighted by Gasteiger charge is -2.32. The molecule has 1 saturated heterocycles. The van der Waals surface area contributed by atoms with Crippen molar-refractivity contribution in [1.82, 2.24) is 15.3 Å². The zero-order valence-electron chi connectivity index (χ0n) is 14.3. The number of aromatic nitrogens is 2. The van der Waals surface area contributed by atoms with Crippen LogP contribution in [0.3, 0.4) is 0 Å². The Labute approximate surface area is 151 Å². The minimum atomic E-state index is -1.01. The molecule has 2 heterocycles. The summed E-state index contributed by atoms with van der Waals surface area (Å²) in [6.07, 6.45) is 5.80. The third kappa shape index (κ3) is 3.67. The highest BCUT2D eigenvalue weighted by atomic mass is 19.1. The molecule has 1 aromatic heterocycles. The lowest BCUT2D eigenvalue weighted by molar-refractivity contribution is 0.0696. The zero-order valence-corrected chi connectivity index (χ0v) is 14.3. The van der Waals surface area contributed by atoms with Crippen LogP contribution in [0.25, 0.3) is 0 Å². The van der Waals surface area contributed by atoms with Crippen LogP contribution in [-0.2, 0) is 0 Å². The van der Waals surface area contributed by atoms with E-state index in [2.05, 4.69) is 20.2 Å². The third-order valence-corrected chi connectivity index (χ3v) is 5.20. The molecule has 7 heteroatoms. The molecule has 0 amide bonds. The summed E-state index contributed by atoms with van der Waals surface area (Å²) in [4.78, 5) is 21.3. The second-order valence-electron chi connectivity index (χ2n) is 7.01. The van der Waals surface area contributed by atoms with Crippen LogP contribution in [0.2, 0.25) is 0 Å². The predicted octanol–water partition coefficient (Wildman–Crippen LogP) is 2.43. The van der Waals surface area contributed by atoms with E-state index in [0.29, 0.717) is 23.9 Å². The van der Waals surface area contributed by atoms with E-state index in [1.54, 1.807) is 0 Å². The van der Waals surface area contributed by atoms with E-state index >= 15 is 0 Å². The smallest absolute Gasteiger partial charge is 0.338 e. The first kappa shape index (κ1) is 16.9. The molecule has 26 heavy (non-hydrogen) atoms. The fourth-order valence-corrected chi connectivity index (χ4v) is 3.60. The monoisotopic (exact) mass is 356 g/mol. The average Bonchev–Trinajstić information content (AvgIpc) is 3.42. The molecule has 1 aliphatic heterocycles. The van der Waals surface area contributed by atoms with Crippen LogP contribution in [0, 0.1) is 5.82 Å². The van der Waals surface area contributed by atoms with Gasteiger partial charge in [-0.3, -0.25) is 0 Å². The summed E-state index contributed by atoms with van der Waals surface area (Å²) >= 11 is 0. The number of aromatic carboxylic acids is 1. The predicted molar refractivity (Wildman–Crippen MR) is 94.9 cm³/mol. The van der Waals surface area contributed by atoms with Crippen molar-refractivity contribution in [2.75, 3.05) is 18.0 Å². The van der Waals surface area contributed by atoms with E-state index in [4.69, 9.17) is 5.11 Å². The molecular weight excluding hydrogens is 335 g/mol. The molecule has 6 nitrogen and oxygen atoms in total. The second kappa shape index (κ2) is 6.99. The van der Waals surface area contributed by atoms with Crippen molar-refractivity contribution in [3.63, 3.8) is 0 Å². The maximum absolute atomic E-state index is 13.0. The summed E-state index contributed by atoms with van der Waals surface area (Å²) in [6.45, 7) is 1.69. The number of carboxylic acids is 1.